The van der Waals surface area contributed by atoms with Gasteiger partial charge in [0.2, 0.25) is 0 Å². The van der Waals surface area contributed by atoms with E-state index in [9.17, 15) is 23.2 Å². The molecule has 0 bridgehead atoms. The molecule has 0 heterocycles. The van der Waals surface area contributed by atoms with Crippen molar-refractivity contribution >= 4 is 17.4 Å². The highest BCUT2D eigenvalue weighted by Gasteiger charge is 2.42. The maximum absolute atomic E-state index is 12.9. The fraction of sp³-hybridized carbons (Fsp3) is 0.222. The first-order chi connectivity index (χ1) is 11.3. The van der Waals surface area contributed by atoms with Crippen LogP contribution in [0.4, 0.5) is 13.2 Å². The molecule has 0 amide bonds. The van der Waals surface area contributed by atoms with Gasteiger partial charge < -0.3 is 0 Å². The van der Waals surface area contributed by atoms with Crippen molar-refractivity contribution in [3.8, 4) is 6.07 Å². The van der Waals surface area contributed by atoms with Gasteiger partial charge in [-0.1, -0.05) is 54.9 Å². The second kappa shape index (κ2) is 6.66. The molecule has 0 spiro atoms. The lowest BCUT2D eigenvalue weighted by atomic mass is 9.73. The SMILES string of the molecule is CCC(C#N)(C(=O)c1ccccc1)c1ccc(C(F)(F)F)cc1Cl. The van der Waals surface area contributed by atoms with Crippen LogP contribution in [0, 0.1) is 11.3 Å². The highest BCUT2D eigenvalue weighted by atomic mass is 35.5. The Labute approximate surface area is 142 Å². The van der Waals surface area contributed by atoms with Gasteiger partial charge in [0.1, 0.15) is 5.41 Å². The maximum atomic E-state index is 12.9. The van der Waals surface area contributed by atoms with Gasteiger partial charge >= 0.3 is 6.18 Å². The summed E-state index contributed by atoms with van der Waals surface area (Å²) >= 11 is 6.01. The topological polar surface area (TPSA) is 40.9 Å². The Hall–Kier alpha value is -2.32. The Morgan fingerprint density at radius 1 is 1.17 bits per heavy atom. The summed E-state index contributed by atoms with van der Waals surface area (Å²) in [6, 6.07) is 12.8. The molecule has 1 atom stereocenters. The number of hydrogen-bond acceptors (Lipinski definition) is 2. The first-order valence-corrected chi connectivity index (χ1v) is 7.52. The standard InChI is InChI=1S/C18H13ClF3NO/c1-2-17(11-23,16(24)12-6-4-3-5-7-12)14-9-8-13(10-15(14)19)18(20,21)22/h3-10H,2H2,1H3. The van der Waals surface area contributed by atoms with Crippen LogP contribution in [0.5, 0.6) is 0 Å². The van der Waals surface area contributed by atoms with Gasteiger partial charge in [0.25, 0.3) is 0 Å². The number of carbonyl (C=O) groups is 1. The molecule has 24 heavy (non-hydrogen) atoms. The Balaban J connectivity index is 2.60. The molecule has 0 aromatic heterocycles. The van der Waals surface area contributed by atoms with Gasteiger partial charge in [0.15, 0.2) is 5.78 Å². The molecule has 124 valence electrons. The van der Waals surface area contributed by atoms with Gasteiger partial charge in [0, 0.05) is 10.6 Å². The molecule has 0 aliphatic rings. The van der Waals surface area contributed by atoms with Crippen LogP contribution in [0.2, 0.25) is 5.02 Å². The van der Waals surface area contributed by atoms with Crippen molar-refractivity contribution in [2.45, 2.75) is 24.9 Å². The Morgan fingerprint density at radius 3 is 2.25 bits per heavy atom. The highest BCUT2D eigenvalue weighted by Crippen LogP contribution is 2.39. The third-order valence-electron chi connectivity index (χ3n) is 3.90. The molecular weight excluding hydrogens is 339 g/mol. The lowest BCUT2D eigenvalue weighted by Gasteiger charge is -2.26. The van der Waals surface area contributed by atoms with Crippen molar-refractivity contribution in [3.63, 3.8) is 0 Å². The molecule has 0 fully saturated rings. The largest absolute Gasteiger partial charge is 0.416 e. The number of alkyl halides is 3. The molecule has 0 aliphatic carbocycles. The minimum atomic E-state index is -4.55. The van der Waals surface area contributed by atoms with Gasteiger partial charge in [0.05, 0.1) is 11.6 Å². The summed E-state index contributed by atoms with van der Waals surface area (Å²) in [6.07, 6.45) is -4.46. The maximum Gasteiger partial charge on any atom is 0.416 e. The Bertz CT molecular complexity index is 796. The summed E-state index contributed by atoms with van der Waals surface area (Å²) in [6.45, 7) is 1.62. The normalized spacial score (nSPS) is 13.8. The molecule has 2 aromatic carbocycles. The molecule has 0 radical (unpaired) electrons. The fourth-order valence-electron chi connectivity index (χ4n) is 2.54. The third-order valence-corrected chi connectivity index (χ3v) is 4.21. The molecule has 0 N–H and O–H groups in total. The summed E-state index contributed by atoms with van der Waals surface area (Å²) in [5.41, 5.74) is -2.18. The van der Waals surface area contributed by atoms with Gasteiger partial charge in [-0.3, -0.25) is 4.79 Å². The first-order valence-electron chi connectivity index (χ1n) is 7.14. The summed E-state index contributed by atoms with van der Waals surface area (Å²) in [5, 5.41) is 9.41. The molecule has 0 saturated heterocycles. The number of benzene rings is 2. The smallest absolute Gasteiger partial charge is 0.292 e. The minimum absolute atomic E-state index is 0.0796. The number of ketones is 1. The van der Waals surface area contributed by atoms with Gasteiger partial charge in [-0.05, 0) is 24.1 Å². The lowest BCUT2D eigenvalue weighted by Crippen LogP contribution is -2.34. The van der Waals surface area contributed by atoms with Crippen LogP contribution in [-0.2, 0) is 11.6 Å². The zero-order valence-electron chi connectivity index (χ0n) is 12.7. The van der Waals surface area contributed by atoms with Crippen LogP contribution in [0.3, 0.4) is 0 Å². The predicted octanol–water partition coefficient (Wildman–Crippen LogP) is 5.41. The quantitative estimate of drug-likeness (QED) is 0.691. The van der Waals surface area contributed by atoms with Crippen LogP contribution >= 0.6 is 11.6 Å². The van der Waals surface area contributed by atoms with Crippen molar-refractivity contribution in [2.75, 3.05) is 0 Å². The molecule has 2 aromatic rings. The first kappa shape index (κ1) is 18.0. The summed E-state index contributed by atoms with van der Waals surface area (Å²) in [4.78, 5) is 12.9. The van der Waals surface area contributed by atoms with E-state index in [-0.39, 0.29) is 17.0 Å². The van der Waals surface area contributed by atoms with Crippen molar-refractivity contribution in [1.29, 1.82) is 5.26 Å². The lowest BCUT2D eigenvalue weighted by molar-refractivity contribution is -0.137. The number of rotatable bonds is 4. The van der Waals surface area contributed by atoms with Crippen molar-refractivity contribution < 1.29 is 18.0 Å². The zero-order valence-corrected chi connectivity index (χ0v) is 13.4. The predicted molar refractivity (Wildman–Crippen MR) is 84.8 cm³/mol. The Kier molecular flexibility index (Phi) is 5.00. The number of Topliss-reactive ketones (excluding diaryl/α,β-unsaturated/α-hetero) is 1. The number of hydrogen-bond donors (Lipinski definition) is 0. The van der Waals surface area contributed by atoms with Crippen LogP contribution in [0.1, 0.15) is 34.8 Å². The molecule has 0 aliphatic heterocycles. The van der Waals surface area contributed by atoms with E-state index in [1.165, 1.54) is 0 Å². The van der Waals surface area contributed by atoms with E-state index in [4.69, 9.17) is 11.6 Å². The molecular formula is C18H13ClF3NO. The summed E-state index contributed by atoms with van der Waals surface area (Å²) in [7, 11) is 0. The molecule has 2 rings (SSSR count). The van der Waals surface area contributed by atoms with Crippen LogP contribution in [0.15, 0.2) is 48.5 Å². The summed E-state index contributed by atoms with van der Waals surface area (Å²) < 4.78 is 38.4. The van der Waals surface area contributed by atoms with E-state index in [0.29, 0.717) is 5.56 Å². The van der Waals surface area contributed by atoms with E-state index in [1.54, 1.807) is 37.3 Å². The molecule has 6 heteroatoms. The fourth-order valence-corrected chi connectivity index (χ4v) is 2.88. The number of nitrogens with zero attached hydrogens (tertiary/aromatic N) is 1. The van der Waals surface area contributed by atoms with Crippen molar-refractivity contribution in [3.05, 3.63) is 70.2 Å². The Morgan fingerprint density at radius 2 is 1.79 bits per heavy atom. The summed E-state index contributed by atoms with van der Waals surface area (Å²) in [5.74, 6) is -0.491. The minimum Gasteiger partial charge on any atom is -0.292 e. The molecule has 0 saturated carbocycles. The average Bonchev–Trinajstić information content (AvgIpc) is 2.57. The monoisotopic (exact) mass is 351 g/mol. The number of nitriles is 1. The van der Waals surface area contributed by atoms with Crippen LogP contribution < -0.4 is 0 Å². The van der Waals surface area contributed by atoms with E-state index in [1.807, 2.05) is 6.07 Å². The third kappa shape index (κ3) is 3.15. The van der Waals surface area contributed by atoms with Crippen LogP contribution in [-0.4, -0.2) is 5.78 Å². The molecule has 2 nitrogen and oxygen atoms in total. The van der Waals surface area contributed by atoms with E-state index in [0.717, 1.165) is 18.2 Å². The van der Waals surface area contributed by atoms with E-state index < -0.39 is 22.9 Å². The van der Waals surface area contributed by atoms with Gasteiger partial charge in [-0.25, -0.2) is 0 Å². The van der Waals surface area contributed by atoms with Gasteiger partial charge in [-0.15, -0.1) is 0 Å². The van der Waals surface area contributed by atoms with E-state index >= 15 is 0 Å². The molecule has 1 unspecified atom stereocenters. The average molecular weight is 352 g/mol. The van der Waals surface area contributed by atoms with Crippen molar-refractivity contribution in [1.82, 2.24) is 0 Å². The van der Waals surface area contributed by atoms with Gasteiger partial charge in [-0.2, -0.15) is 18.4 Å². The van der Waals surface area contributed by atoms with E-state index in [2.05, 4.69) is 0 Å². The zero-order chi connectivity index (χ0) is 18.0. The second-order valence-electron chi connectivity index (χ2n) is 5.26. The van der Waals surface area contributed by atoms with Crippen LogP contribution in [0.25, 0.3) is 0 Å². The van der Waals surface area contributed by atoms with Crippen molar-refractivity contribution in [2.24, 2.45) is 0 Å². The number of carbonyl (C=O) groups excluding carboxylic acids is 1. The second-order valence-corrected chi connectivity index (χ2v) is 5.67. The highest BCUT2D eigenvalue weighted by molar-refractivity contribution is 6.32. The number of halogens is 4.